The fourth-order valence-corrected chi connectivity index (χ4v) is 2.64. The standard InChI is InChI=1S/C14H16ClN3OS/c1-9-2-4-10(5-3-9)18-14(16)17-8-11(19)12-6-7-13(15)20-12/h2-7,11,19H,8H2,1H3,(H3,16,17,18). The number of aliphatic hydroxyl groups excluding tert-OH is 1. The number of halogens is 1. The van der Waals surface area contributed by atoms with Crippen molar-refractivity contribution in [3.63, 3.8) is 0 Å². The molecule has 1 aromatic carbocycles. The number of nitrogens with two attached hydrogens (primary N) is 1. The van der Waals surface area contributed by atoms with Crippen molar-refractivity contribution in [3.8, 4) is 0 Å². The van der Waals surface area contributed by atoms with Gasteiger partial charge in [-0.3, -0.25) is 4.99 Å². The molecular formula is C14H16ClN3OS. The summed E-state index contributed by atoms with van der Waals surface area (Å²) in [6, 6.07) is 11.4. The summed E-state index contributed by atoms with van der Waals surface area (Å²) in [4.78, 5) is 4.90. The van der Waals surface area contributed by atoms with Gasteiger partial charge in [0.1, 0.15) is 6.10 Å². The van der Waals surface area contributed by atoms with Gasteiger partial charge in [0.25, 0.3) is 0 Å². The molecule has 0 radical (unpaired) electrons. The number of rotatable bonds is 4. The summed E-state index contributed by atoms with van der Waals surface area (Å²) in [5.74, 6) is 0.274. The van der Waals surface area contributed by atoms with E-state index in [1.54, 1.807) is 12.1 Å². The van der Waals surface area contributed by atoms with Crippen molar-refractivity contribution >= 4 is 34.6 Å². The minimum Gasteiger partial charge on any atom is -0.386 e. The molecule has 1 unspecified atom stereocenters. The first-order chi connectivity index (χ1) is 9.54. The van der Waals surface area contributed by atoms with Crippen LogP contribution in [0.5, 0.6) is 0 Å². The Hall–Kier alpha value is -1.56. The Morgan fingerprint density at radius 3 is 2.65 bits per heavy atom. The molecule has 20 heavy (non-hydrogen) atoms. The molecule has 106 valence electrons. The summed E-state index contributed by atoms with van der Waals surface area (Å²) in [6.45, 7) is 2.21. The Morgan fingerprint density at radius 2 is 2.05 bits per heavy atom. The van der Waals surface area contributed by atoms with Gasteiger partial charge in [-0.2, -0.15) is 0 Å². The van der Waals surface area contributed by atoms with Crippen molar-refractivity contribution in [3.05, 3.63) is 51.2 Å². The number of hydrogen-bond donors (Lipinski definition) is 3. The van der Waals surface area contributed by atoms with E-state index in [-0.39, 0.29) is 12.5 Å². The zero-order valence-corrected chi connectivity index (χ0v) is 12.6. The number of nitrogens with zero attached hydrogens (tertiary/aromatic N) is 1. The van der Waals surface area contributed by atoms with Crippen LogP contribution in [0.3, 0.4) is 0 Å². The van der Waals surface area contributed by atoms with Crippen LogP contribution < -0.4 is 11.1 Å². The molecule has 0 spiro atoms. The van der Waals surface area contributed by atoms with Gasteiger partial charge in [-0.05, 0) is 31.2 Å². The number of benzene rings is 1. The number of hydrogen-bond acceptors (Lipinski definition) is 3. The largest absolute Gasteiger partial charge is 0.386 e. The topological polar surface area (TPSA) is 70.6 Å². The first-order valence-corrected chi connectivity index (χ1v) is 7.31. The van der Waals surface area contributed by atoms with Gasteiger partial charge in [0.05, 0.1) is 10.9 Å². The third kappa shape index (κ3) is 4.23. The van der Waals surface area contributed by atoms with Gasteiger partial charge in [-0.1, -0.05) is 29.3 Å². The Bertz CT molecular complexity index is 595. The van der Waals surface area contributed by atoms with Crippen molar-refractivity contribution in [1.29, 1.82) is 0 Å². The number of guanidine groups is 1. The minimum atomic E-state index is -0.689. The highest BCUT2D eigenvalue weighted by Gasteiger charge is 2.09. The summed E-state index contributed by atoms with van der Waals surface area (Å²) < 4.78 is 0.647. The third-order valence-electron chi connectivity index (χ3n) is 2.68. The van der Waals surface area contributed by atoms with Gasteiger partial charge in [-0.25, -0.2) is 0 Å². The highest BCUT2D eigenvalue weighted by atomic mass is 35.5. The predicted molar refractivity (Wildman–Crippen MR) is 85.6 cm³/mol. The molecule has 0 fully saturated rings. The number of aliphatic hydroxyl groups is 1. The molecule has 1 atom stereocenters. The molecule has 6 heteroatoms. The zero-order valence-electron chi connectivity index (χ0n) is 11.0. The second-order valence-corrected chi connectivity index (χ2v) is 6.12. The quantitative estimate of drug-likeness (QED) is 0.600. The lowest BCUT2D eigenvalue weighted by Gasteiger charge is -2.08. The molecule has 4 nitrogen and oxygen atoms in total. The SMILES string of the molecule is Cc1ccc(NC(N)=NCC(O)c2ccc(Cl)s2)cc1. The summed E-state index contributed by atoms with van der Waals surface area (Å²) in [7, 11) is 0. The Balaban J connectivity index is 1.92. The lowest BCUT2D eigenvalue weighted by Crippen LogP contribution is -2.23. The van der Waals surface area contributed by atoms with Crippen LogP contribution in [0, 0.1) is 6.92 Å². The first-order valence-electron chi connectivity index (χ1n) is 6.11. The fraction of sp³-hybridized carbons (Fsp3) is 0.214. The van der Waals surface area contributed by atoms with Crippen LogP contribution >= 0.6 is 22.9 Å². The van der Waals surface area contributed by atoms with Crippen molar-refractivity contribution in [2.75, 3.05) is 11.9 Å². The van der Waals surface area contributed by atoms with Gasteiger partial charge >= 0.3 is 0 Å². The van der Waals surface area contributed by atoms with Crippen LogP contribution in [0.1, 0.15) is 16.5 Å². The summed E-state index contributed by atoms with van der Waals surface area (Å²) in [5.41, 5.74) is 7.82. The summed E-state index contributed by atoms with van der Waals surface area (Å²) in [5, 5.41) is 12.9. The molecule has 1 aromatic heterocycles. The molecule has 0 saturated carbocycles. The minimum absolute atomic E-state index is 0.196. The lowest BCUT2D eigenvalue weighted by molar-refractivity contribution is 0.191. The normalized spacial score (nSPS) is 13.2. The number of aliphatic imine (C=N–C) groups is 1. The van der Waals surface area contributed by atoms with Gasteiger partial charge in [-0.15, -0.1) is 11.3 Å². The van der Waals surface area contributed by atoms with E-state index in [1.165, 1.54) is 16.9 Å². The second-order valence-electron chi connectivity index (χ2n) is 4.37. The number of anilines is 1. The molecule has 2 aromatic rings. The molecule has 0 aliphatic rings. The first kappa shape index (κ1) is 14.8. The van der Waals surface area contributed by atoms with Crippen LogP contribution in [-0.2, 0) is 0 Å². The average molecular weight is 310 g/mol. The second kappa shape index (κ2) is 6.74. The van der Waals surface area contributed by atoms with Crippen molar-refractivity contribution in [2.24, 2.45) is 10.7 Å². The number of thiophene rings is 1. The Kier molecular flexibility index (Phi) is 5.00. The third-order valence-corrected chi connectivity index (χ3v) is 4.01. The molecule has 0 aliphatic heterocycles. The van der Waals surface area contributed by atoms with E-state index in [0.717, 1.165) is 10.6 Å². The average Bonchev–Trinajstić information content (AvgIpc) is 2.85. The maximum atomic E-state index is 9.95. The van der Waals surface area contributed by atoms with Gasteiger partial charge < -0.3 is 16.2 Å². The van der Waals surface area contributed by atoms with E-state index in [9.17, 15) is 5.11 Å². The van der Waals surface area contributed by atoms with Crippen LogP contribution in [0.4, 0.5) is 5.69 Å². The maximum Gasteiger partial charge on any atom is 0.193 e. The fourth-order valence-electron chi connectivity index (χ4n) is 1.61. The van der Waals surface area contributed by atoms with Crippen LogP contribution in [0.2, 0.25) is 4.34 Å². The maximum absolute atomic E-state index is 9.95. The molecule has 0 aliphatic carbocycles. The zero-order chi connectivity index (χ0) is 14.5. The molecule has 0 bridgehead atoms. The van der Waals surface area contributed by atoms with Crippen molar-refractivity contribution in [2.45, 2.75) is 13.0 Å². The van der Waals surface area contributed by atoms with Crippen LogP contribution in [0.25, 0.3) is 0 Å². The monoisotopic (exact) mass is 309 g/mol. The van der Waals surface area contributed by atoms with Crippen molar-refractivity contribution in [1.82, 2.24) is 0 Å². The summed E-state index contributed by atoms with van der Waals surface area (Å²) >= 11 is 7.16. The lowest BCUT2D eigenvalue weighted by atomic mass is 10.2. The summed E-state index contributed by atoms with van der Waals surface area (Å²) in [6.07, 6.45) is -0.689. The molecule has 2 rings (SSSR count). The molecule has 0 saturated heterocycles. The van der Waals surface area contributed by atoms with E-state index in [1.807, 2.05) is 31.2 Å². The molecule has 4 N–H and O–H groups in total. The van der Waals surface area contributed by atoms with Gasteiger partial charge in [0.15, 0.2) is 5.96 Å². The predicted octanol–water partition coefficient (Wildman–Crippen LogP) is 3.17. The molecule has 1 heterocycles. The highest BCUT2D eigenvalue weighted by Crippen LogP contribution is 2.26. The van der Waals surface area contributed by atoms with Crippen molar-refractivity contribution < 1.29 is 5.11 Å². The van der Waals surface area contributed by atoms with E-state index in [2.05, 4.69) is 10.3 Å². The Morgan fingerprint density at radius 1 is 1.35 bits per heavy atom. The number of aryl methyl sites for hydroxylation is 1. The van der Waals surface area contributed by atoms with Gasteiger partial charge in [0.2, 0.25) is 0 Å². The van der Waals surface area contributed by atoms with E-state index in [0.29, 0.717) is 4.34 Å². The highest BCUT2D eigenvalue weighted by molar-refractivity contribution is 7.16. The Labute approximate surface area is 126 Å². The van der Waals surface area contributed by atoms with Gasteiger partial charge in [0, 0.05) is 10.6 Å². The van der Waals surface area contributed by atoms with E-state index >= 15 is 0 Å². The number of nitrogens with one attached hydrogen (secondary N) is 1. The van der Waals surface area contributed by atoms with E-state index in [4.69, 9.17) is 17.3 Å². The van der Waals surface area contributed by atoms with Crippen LogP contribution in [0.15, 0.2) is 41.4 Å². The van der Waals surface area contributed by atoms with Crippen LogP contribution in [-0.4, -0.2) is 17.6 Å². The smallest absolute Gasteiger partial charge is 0.193 e. The van der Waals surface area contributed by atoms with E-state index < -0.39 is 6.10 Å². The molecule has 0 amide bonds. The molecular weight excluding hydrogens is 294 g/mol.